The standard InChI is InChI=1S/C18H20N2O3/c1-13-6-4-7-14(2)18(13)23-12-17(21)20-19-11-15-8-5-9-16(10-15)22-3/h4-11H,12H2,1-3H3,(H,20,21)/b19-11+. The molecule has 2 aromatic carbocycles. The number of hydrogen-bond donors (Lipinski definition) is 1. The van der Waals surface area contributed by atoms with Crippen LogP contribution >= 0.6 is 0 Å². The molecule has 5 heteroatoms. The van der Waals surface area contributed by atoms with Crippen molar-refractivity contribution < 1.29 is 14.3 Å². The van der Waals surface area contributed by atoms with E-state index in [9.17, 15) is 4.79 Å². The third kappa shape index (κ3) is 4.85. The van der Waals surface area contributed by atoms with Crippen molar-refractivity contribution in [3.63, 3.8) is 0 Å². The van der Waals surface area contributed by atoms with Crippen LogP contribution in [0.25, 0.3) is 0 Å². The summed E-state index contributed by atoms with van der Waals surface area (Å²) in [4.78, 5) is 11.8. The molecule has 0 fully saturated rings. The summed E-state index contributed by atoms with van der Waals surface area (Å²) in [5.41, 5.74) is 5.27. The molecule has 0 atom stereocenters. The number of amides is 1. The highest BCUT2D eigenvalue weighted by atomic mass is 16.5. The van der Waals surface area contributed by atoms with E-state index in [1.807, 2.05) is 56.3 Å². The number of nitrogens with one attached hydrogen (secondary N) is 1. The lowest BCUT2D eigenvalue weighted by atomic mass is 10.1. The second-order valence-electron chi connectivity index (χ2n) is 5.08. The number of benzene rings is 2. The largest absolute Gasteiger partial charge is 0.497 e. The summed E-state index contributed by atoms with van der Waals surface area (Å²) in [5, 5.41) is 3.91. The number of rotatable bonds is 6. The van der Waals surface area contributed by atoms with Gasteiger partial charge in [-0.2, -0.15) is 5.10 Å². The number of ether oxygens (including phenoxy) is 2. The van der Waals surface area contributed by atoms with Crippen molar-refractivity contribution >= 4 is 12.1 Å². The minimum Gasteiger partial charge on any atom is -0.497 e. The van der Waals surface area contributed by atoms with Crippen molar-refractivity contribution in [1.29, 1.82) is 0 Å². The van der Waals surface area contributed by atoms with E-state index in [1.54, 1.807) is 13.3 Å². The first-order valence-electron chi connectivity index (χ1n) is 7.25. The smallest absolute Gasteiger partial charge is 0.277 e. The van der Waals surface area contributed by atoms with Crippen molar-refractivity contribution in [2.24, 2.45) is 5.10 Å². The molecule has 1 N–H and O–H groups in total. The Hall–Kier alpha value is -2.82. The van der Waals surface area contributed by atoms with Crippen LogP contribution in [0.5, 0.6) is 11.5 Å². The molecule has 0 radical (unpaired) electrons. The Balaban J connectivity index is 1.86. The molecular weight excluding hydrogens is 292 g/mol. The van der Waals surface area contributed by atoms with Gasteiger partial charge in [0.05, 0.1) is 13.3 Å². The van der Waals surface area contributed by atoms with E-state index in [0.717, 1.165) is 28.2 Å². The molecule has 23 heavy (non-hydrogen) atoms. The van der Waals surface area contributed by atoms with E-state index in [0.29, 0.717) is 0 Å². The third-order valence-corrected chi connectivity index (χ3v) is 3.25. The second kappa shape index (κ2) is 7.98. The average molecular weight is 312 g/mol. The SMILES string of the molecule is COc1cccc(/C=N/NC(=O)COc2c(C)cccc2C)c1. The Kier molecular flexibility index (Phi) is 5.74. The molecule has 120 valence electrons. The van der Waals surface area contributed by atoms with E-state index in [-0.39, 0.29) is 12.5 Å². The molecule has 0 spiro atoms. The molecule has 0 aliphatic rings. The molecule has 0 saturated heterocycles. The number of hydrogen-bond acceptors (Lipinski definition) is 4. The first kappa shape index (κ1) is 16.5. The fourth-order valence-electron chi connectivity index (χ4n) is 2.10. The lowest BCUT2D eigenvalue weighted by Gasteiger charge is -2.10. The van der Waals surface area contributed by atoms with Crippen molar-refractivity contribution in [3.8, 4) is 11.5 Å². The lowest BCUT2D eigenvalue weighted by molar-refractivity contribution is -0.123. The summed E-state index contributed by atoms with van der Waals surface area (Å²) in [6.45, 7) is 3.81. The summed E-state index contributed by atoms with van der Waals surface area (Å²) in [6.07, 6.45) is 1.55. The number of aryl methyl sites for hydroxylation is 2. The maximum absolute atomic E-state index is 11.8. The maximum Gasteiger partial charge on any atom is 0.277 e. The molecular formula is C18H20N2O3. The van der Waals surface area contributed by atoms with Crippen LogP contribution in [0, 0.1) is 13.8 Å². The zero-order valence-corrected chi connectivity index (χ0v) is 13.5. The quantitative estimate of drug-likeness (QED) is 0.659. The van der Waals surface area contributed by atoms with E-state index in [2.05, 4.69) is 10.5 Å². The van der Waals surface area contributed by atoms with Gasteiger partial charge in [0.15, 0.2) is 6.61 Å². The summed E-state index contributed by atoms with van der Waals surface area (Å²) in [7, 11) is 1.60. The van der Waals surface area contributed by atoms with Crippen LogP contribution in [0.2, 0.25) is 0 Å². The molecule has 0 unspecified atom stereocenters. The molecule has 2 rings (SSSR count). The molecule has 0 heterocycles. The van der Waals surface area contributed by atoms with E-state index in [1.165, 1.54) is 0 Å². The average Bonchev–Trinajstić information content (AvgIpc) is 2.54. The second-order valence-corrected chi connectivity index (χ2v) is 5.08. The number of para-hydroxylation sites is 1. The van der Waals surface area contributed by atoms with Gasteiger partial charge in [0.2, 0.25) is 0 Å². The first-order chi connectivity index (χ1) is 11.1. The van der Waals surface area contributed by atoms with Gasteiger partial charge in [0.1, 0.15) is 11.5 Å². The third-order valence-electron chi connectivity index (χ3n) is 3.25. The highest BCUT2D eigenvalue weighted by Gasteiger charge is 2.06. The number of carbonyl (C=O) groups is 1. The number of carbonyl (C=O) groups excluding carboxylic acids is 1. The molecule has 0 aliphatic carbocycles. The Morgan fingerprint density at radius 1 is 1.17 bits per heavy atom. The summed E-state index contributed by atoms with van der Waals surface area (Å²) in [6, 6.07) is 13.2. The van der Waals surface area contributed by atoms with Crippen LogP contribution in [0.15, 0.2) is 47.6 Å². The summed E-state index contributed by atoms with van der Waals surface area (Å²) in [5.74, 6) is 1.16. The van der Waals surface area contributed by atoms with Gasteiger partial charge >= 0.3 is 0 Å². The van der Waals surface area contributed by atoms with Crippen LogP contribution in [0.4, 0.5) is 0 Å². The van der Waals surface area contributed by atoms with Crippen LogP contribution in [-0.4, -0.2) is 25.8 Å². The highest BCUT2D eigenvalue weighted by Crippen LogP contribution is 2.21. The predicted octanol–water partition coefficient (Wildman–Crippen LogP) is 2.84. The van der Waals surface area contributed by atoms with Crippen molar-refractivity contribution in [3.05, 3.63) is 59.2 Å². The Morgan fingerprint density at radius 3 is 2.57 bits per heavy atom. The van der Waals surface area contributed by atoms with E-state index in [4.69, 9.17) is 9.47 Å². The van der Waals surface area contributed by atoms with Crippen LogP contribution in [0.3, 0.4) is 0 Å². The summed E-state index contributed by atoms with van der Waals surface area (Å²) >= 11 is 0. The van der Waals surface area contributed by atoms with Crippen LogP contribution in [0.1, 0.15) is 16.7 Å². The maximum atomic E-state index is 11.8. The van der Waals surface area contributed by atoms with Crippen LogP contribution in [-0.2, 0) is 4.79 Å². The number of nitrogens with zero attached hydrogens (tertiary/aromatic N) is 1. The topological polar surface area (TPSA) is 59.9 Å². The van der Waals surface area contributed by atoms with E-state index < -0.39 is 0 Å². The minimum absolute atomic E-state index is 0.0822. The fraction of sp³-hybridized carbons (Fsp3) is 0.222. The molecule has 1 amide bonds. The van der Waals surface area contributed by atoms with Gasteiger partial charge in [-0.1, -0.05) is 30.3 Å². The fourth-order valence-corrected chi connectivity index (χ4v) is 2.10. The Morgan fingerprint density at radius 2 is 1.87 bits per heavy atom. The van der Waals surface area contributed by atoms with Crippen molar-refractivity contribution in [1.82, 2.24) is 5.43 Å². The number of hydrazone groups is 1. The molecule has 0 aliphatic heterocycles. The zero-order valence-electron chi connectivity index (χ0n) is 13.5. The Labute approximate surface area is 135 Å². The van der Waals surface area contributed by atoms with Gasteiger partial charge in [0.25, 0.3) is 5.91 Å². The zero-order chi connectivity index (χ0) is 16.7. The first-order valence-corrected chi connectivity index (χ1v) is 7.25. The van der Waals surface area contributed by atoms with Gasteiger partial charge < -0.3 is 9.47 Å². The van der Waals surface area contributed by atoms with E-state index >= 15 is 0 Å². The van der Waals surface area contributed by atoms with Gasteiger partial charge in [-0.25, -0.2) is 5.43 Å². The minimum atomic E-state index is -0.313. The predicted molar refractivity (Wildman–Crippen MR) is 90.1 cm³/mol. The normalized spacial score (nSPS) is 10.6. The van der Waals surface area contributed by atoms with Crippen molar-refractivity contribution in [2.45, 2.75) is 13.8 Å². The molecule has 5 nitrogen and oxygen atoms in total. The Bertz CT molecular complexity index is 691. The summed E-state index contributed by atoms with van der Waals surface area (Å²) < 4.78 is 10.7. The molecule has 0 bridgehead atoms. The van der Waals surface area contributed by atoms with Crippen LogP contribution < -0.4 is 14.9 Å². The monoisotopic (exact) mass is 312 g/mol. The lowest BCUT2D eigenvalue weighted by Crippen LogP contribution is -2.25. The number of methoxy groups -OCH3 is 1. The van der Waals surface area contributed by atoms with Gasteiger partial charge in [0, 0.05) is 0 Å². The molecule has 0 aromatic heterocycles. The van der Waals surface area contributed by atoms with Crippen molar-refractivity contribution in [2.75, 3.05) is 13.7 Å². The molecule has 0 saturated carbocycles. The highest BCUT2D eigenvalue weighted by molar-refractivity contribution is 5.83. The van der Waals surface area contributed by atoms with Gasteiger partial charge in [-0.3, -0.25) is 4.79 Å². The molecule has 2 aromatic rings. The van der Waals surface area contributed by atoms with Gasteiger partial charge in [-0.05, 0) is 42.7 Å². The van der Waals surface area contributed by atoms with Gasteiger partial charge in [-0.15, -0.1) is 0 Å².